The highest BCUT2D eigenvalue weighted by atomic mass is 15.3. The van der Waals surface area contributed by atoms with E-state index in [-0.39, 0.29) is 0 Å². The zero-order valence-corrected chi connectivity index (χ0v) is 14.1. The average Bonchev–Trinajstić information content (AvgIpc) is 2.69. The molecule has 0 amide bonds. The number of nitrogen functional groups attached to an aromatic ring is 1. The maximum atomic E-state index is 6.09. The van der Waals surface area contributed by atoms with E-state index in [0.29, 0.717) is 24.0 Å². The van der Waals surface area contributed by atoms with Crippen molar-refractivity contribution in [2.45, 2.75) is 34.2 Å². The lowest BCUT2D eigenvalue weighted by Gasteiger charge is -2.10. The van der Waals surface area contributed by atoms with Gasteiger partial charge in [-0.25, -0.2) is 4.98 Å². The minimum absolute atomic E-state index is 0.446. The number of hydrogen-bond acceptors (Lipinski definition) is 6. The van der Waals surface area contributed by atoms with E-state index >= 15 is 0 Å². The molecule has 0 aliphatic carbocycles. The summed E-state index contributed by atoms with van der Waals surface area (Å²) >= 11 is 0. The molecule has 0 fully saturated rings. The number of aromatic nitrogens is 5. The standard InChI is InChI=1S/C16H21N7/c1-8-6-9(2)19-15-13(8)14(17)20-16(21-15)18-7-12-10(3)22-23(5)11(12)4/h6H,7H2,1-5H3,(H3,17,18,19,20,21). The lowest BCUT2D eigenvalue weighted by atomic mass is 10.1. The SMILES string of the molecule is Cc1cc(C)c2c(N)nc(NCc3c(C)nn(C)c3C)nc2n1. The van der Waals surface area contributed by atoms with Crippen molar-refractivity contribution >= 4 is 22.8 Å². The van der Waals surface area contributed by atoms with E-state index < -0.39 is 0 Å². The first kappa shape index (κ1) is 15.2. The Labute approximate surface area is 135 Å². The lowest BCUT2D eigenvalue weighted by molar-refractivity contribution is 0.730. The third-order valence-corrected chi connectivity index (χ3v) is 4.10. The summed E-state index contributed by atoms with van der Waals surface area (Å²) < 4.78 is 1.87. The zero-order chi connectivity index (χ0) is 16.7. The fraction of sp³-hybridized carbons (Fsp3) is 0.375. The van der Waals surface area contributed by atoms with Gasteiger partial charge in [0.2, 0.25) is 5.95 Å². The molecule has 23 heavy (non-hydrogen) atoms. The van der Waals surface area contributed by atoms with Gasteiger partial charge in [-0.2, -0.15) is 15.1 Å². The van der Waals surface area contributed by atoms with Gasteiger partial charge in [0.15, 0.2) is 5.65 Å². The second-order valence-corrected chi connectivity index (χ2v) is 5.84. The maximum Gasteiger partial charge on any atom is 0.226 e. The van der Waals surface area contributed by atoms with E-state index in [1.807, 2.05) is 45.5 Å². The molecule has 0 atom stereocenters. The van der Waals surface area contributed by atoms with Crippen LogP contribution in [0.2, 0.25) is 0 Å². The van der Waals surface area contributed by atoms with Crippen LogP contribution in [0.4, 0.5) is 11.8 Å². The molecule has 3 N–H and O–H groups in total. The highest BCUT2D eigenvalue weighted by Crippen LogP contribution is 2.23. The third-order valence-electron chi connectivity index (χ3n) is 4.10. The number of nitrogens with two attached hydrogens (primary N) is 1. The van der Waals surface area contributed by atoms with Crippen LogP contribution in [0.25, 0.3) is 11.0 Å². The predicted octanol–water partition coefficient (Wildman–Crippen LogP) is 2.19. The summed E-state index contributed by atoms with van der Waals surface area (Å²) in [6.07, 6.45) is 0. The van der Waals surface area contributed by atoms with Crippen molar-refractivity contribution in [3.05, 3.63) is 34.3 Å². The first-order valence-electron chi connectivity index (χ1n) is 7.51. The van der Waals surface area contributed by atoms with Crippen molar-refractivity contribution in [3.63, 3.8) is 0 Å². The number of fused-ring (bicyclic) bond motifs is 1. The molecule has 0 unspecified atom stereocenters. The van der Waals surface area contributed by atoms with Crippen LogP contribution in [0.15, 0.2) is 6.07 Å². The monoisotopic (exact) mass is 311 g/mol. The van der Waals surface area contributed by atoms with E-state index in [2.05, 4.69) is 25.4 Å². The van der Waals surface area contributed by atoms with Crippen LogP contribution in [-0.2, 0) is 13.6 Å². The molecule has 0 aliphatic heterocycles. The first-order chi connectivity index (χ1) is 10.9. The Balaban J connectivity index is 1.95. The molecule has 0 spiro atoms. The molecule has 3 rings (SSSR count). The normalized spacial score (nSPS) is 11.2. The van der Waals surface area contributed by atoms with E-state index in [4.69, 9.17) is 5.73 Å². The molecule has 3 aromatic heterocycles. The smallest absolute Gasteiger partial charge is 0.226 e. The quantitative estimate of drug-likeness (QED) is 0.770. The Morgan fingerprint density at radius 2 is 1.87 bits per heavy atom. The summed E-state index contributed by atoms with van der Waals surface area (Å²) in [5.74, 6) is 0.928. The lowest BCUT2D eigenvalue weighted by Crippen LogP contribution is -2.08. The highest BCUT2D eigenvalue weighted by Gasteiger charge is 2.12. The summed E-state index contributed by atoms with van der Waals surface area (Å²) in [6.45, 7) is 8.57. The van der Waals surface area contributed by atoms with Crippen molar-refractivity contribution in [2.75, 3.05) is 11.1 Å². The summed E-state index contributed by atoms with van der Waals surface area (Å²) in [5, 5.41) is 8.46. The molecule has 3 aromatic rings. The third kappa shape index (κ3) is 2.69. The molecule has 3 heterocycles. The summed E-state index contributed by atoms with van der Waals surface area (Å²) in [7, 11) is 1.94. The Hall–Kier alpha value is -2.70. The van der Waals surface area contributed by atoms with Gasteiger partial charge in [0.25, 0.3) is 0 Å². The van der Waals surface area contributed by atoms with Gasteiger partial charge in [-0.15, -0.1) is 0 Å². The molecule has 7 heteroatoms. The van der Waals surface area contributed by atoms with Crippen LogP contribution in [0.5, 0.6) is 0 Å². The van der Waals surface area contributed by atoms with E-state index in [9.17, 15) is 0 Å². The molecule has 0 aromatic carbocycles. The van der Waals surface area contributed by atoms with E-state index in [1.54, 1.807) is 0 Å². The molecule has 0 aliphatic rings. The highest BCUT2D eigenvalue weighted by molar-refractivity contribution is 5.89. The van der Waals surface area contributed by atoms with Gasteiger partial charge in [-0.3, -0.25) is 4.68 Å². The van der Waals surface area contributed by atoms with Gasteiger partial charge in [-0.05, 0) is 39.3 Å². The molecule has 120 valence electrons. The van der Waals surface area contributed by atoms with Crippen molar-refractivity contribution in [3.8, 4) is 0 Å². The average molecular weight is 311 g/mol. The molecule has 0 bridgehead atoms. The van der Waals surface area contributed by atoms with Gasteiger partial charge in [0.05, 0.1) is 11.1 Å². The van der Waals surface area contributed by atoms with Gasteiger partial charge in [0, 0.05) is 30.5 Å². The topological polar surface area (TPSA) is 94.5 Å². The number of hydrogen-bond donors (Lipinski definition) is 2. The van der Waals surface area contributed by atoms with Gasteiger partial charge >= 0.3 is 0 Å². The second-order valence-electron chi connectivity index (χ2n) is 5.84. The summed E-state index contributed by atoms with van der Waals surface area (Å²) in [6, 6.07) is 1.98. The Morgan fingerprint density at radius 3 is 2.52 bits per heavy atom. The van der Waals surface area contributed by atoms with Crippen LogP contribution in [0, 0.1) is 27.7 Å². The number of nitrogens with one attached hydrogen (secondary N) is 1. The fourth-order valence-corrected chi connectivity index (χ4v) is 2.83. The van der Waals surface area contributed by atoms with Crippen molar-refractivity contribution in [1.29, 1.82) is 0 Å². The van der Waals surface area contributed by atoms with Gasteiger partial charge in [-0.1, -0.05) is 0 Å². The Morgan fingerprint density at radius 1 is 1.13 bits per heavy atom. The largest absolute Gasteiger partial charge is 0.383 e. The van der Waals surface area contributed by atoms with Gasteiger partial charge < -0.3 is 11.1 Å². The summed E-state index contributed by atoms with van der Waals surface area (Å²) in [4.78, 5) is 13.3. The number of pyridine rings is 1. The number of nitrogens with zero attached hydrogens (tertiary/aromatic N) is 5. The molecular weight excluding hydrogens is 290 g/mol. The van der Waals surface area contributed by atoms with Crippen molar-refractivity contribution in [2.24, 2.45) is 7.05 Å². The molecule has 0 radical (unpaired) electrons. The second kappa shape index (κ2) is 5.49. The van der Waals surface area contributed by atoms with E-state index in [1.165, 1.54) is 0 Å². The number of aryl methyl sites for hydroxylation is 4. The fourth-order valence-electron chi connectivity index (χ4n) is 2.83. The first-order valence-corrected chi connectivity index (χ1v) is 7.51. The van der Waals surface area contributed by atoms with Crippen molar-refractivity contribution < 1.29 is 0 Å². The Kier molecular flexibility index (Phi) is 3.63. The maximum absolute atomic E-state index is 6.09. The van der Waals surface area contributed by atoms with E-state index in [0.717, 1.165) is 33.6 Å². The molecule has 7 nitrogen and oxygen atoms in total. The number of anilines is 2. The molecular formula is C16H21N7. The van der Waals surface area contributed by atoms with Crippen LogP contribution in [0.3, 0.4) is 0 Å². The summed E-state index contributed by atoms with van der Waals surface area (Å²) in [5.41, 5.74) is 11.9. The molecule has 0 saturated carbocycles. The van der Waals surface area contributed by atoms with Crippen LogP contribution >= 0.6 is 0 Å². The minimum Gasteiger partial charge on any atom is -0.383 e. The minimum atomic E-state index is 0.446. The van der Waals surface area contributed by atoms with Crippen LogP contribution in [0.1, 0.15) is 28.2 Å². The van der Waals surface area contributed by atoms with Crippen LogP contribution < -0.4 is 11.1 Å². The Bertz CT molecular complexity index is 895. The zero-order valence-electron chi connectivity index (χ0n) is 14.1. The number of rotatable bonds is 3. The van der Waals surface area contributed by atoms with Crippen LogP contribution in [-0.4, -0.2) is 24.7 Å². The van der Waals surface area contributed by atoms with Crippen molar-refractivity contribution in [1.82, 2.24) is 24.7 Å². The predicted molar refractivity (Wildman–Crippen MR) is 91.2 cm³/mol. The molecule has 0 saturated heterocycles. The van der Waals surface area contributed by atoms with Gasteiger partial charge in [0.1, 0.15) is 5.82 Å².